The SMILES string of the molecule is O=C(CCc1ccccc1)N(Cc1ccc(F)cc1)C1CC1. The molecule has 1 fully saturated rings. The Bertz CT molecular complexity index is 620. The average molecular weight is 297 g/mol. The highest BCUT2D eigenvalue weighted by atomic mass is 19.1. The fourth-order valence-electron chi connectivity index (χ4n) is 2.63. The fraction of sp³-hybridized carbons (Fsp3) is 0.316. The topological polar surface area (TPSA) is 20.3 Å². The Kier molecular flexibility index (Phi) is 4.52. The van der Waals surface area contributed by atoms with E-state index in [1.165, 1.54) is 17.7 Å². The van der Waals surface area contributed by atoms with Crippen LogP contribution in [0, 0.1) is 5.82 Å². The average Bonchev–Trinajstić information content (AvgIpc) is 3.38. The third-order valence-electron chi connectivity index (χ3n) is 4.04. The molecule has 2 aromatic rings. The van der Waals surface area contributed by atoms with Crippen molar-refractivity contribution in [3.63, 3.8) is 0 Å². The van der Waals surface area contributed by atoms with Crippen LogP contribution in [0.1, 0.15) is 30.4 Å². The predicted molar refractivity (Wildman–Crippen MR) is 84.7 cm³/mol. The van der Waals surface area contributed by atoms with Crippen molar-refractivity contribution >= 4 is 5.91 Å². The molecule has 1 aliphatic rings. The number of rotatable bonds is 6. The largest absolute Gasteiger partial charge is 0.335 e. The number of hydrogen-bond donors (Lipinski definition) is 0. The van der Waals surface area contributed by atoms with Gasteiger partial charge in [0.05, 0.1) is 0 Å². The summed E-state index contributed by atoms with van der Waals surface area (Å²) < 4.78 is 13.0. The normalized spacial score (nSPS) is 13.9. The predicted octanol–water partition coefficient (Wildman–Crippen LogP) is 3.95. The molecule has 1 amide bonds. The van der Waals surface area contributed by atoms with Gasteiger partial charge in [-0.1, -0.05) is 42.5 Å². The Morgan fingerprint density at radius 1 is 1.00 bits per heavy atom. The van der Waals surface area contributed by atoms with Gasteiger partial charge < -0.3 is 4.90 Å². The molecule has 1 saturated carbocycles. The van der Waals surface area contributed by atoms with E-state index >= 15 is 0 Å². The van der Waals surface area contributed by atoms with Crippen molar-refractivity contribution < 1.29 is 9.18 Å². The van der Waals surface area contributed by atoms with Crippen molar-refractivity contribution in [1.29, 1.82) is 0 Å². The summed E-state index contributed by atoms with van der Waals surface area (Å²) in [6, 6.07) is 16.9. The number of amides is 1. The van der Waals surface area contributed by atoms with Gasteiger partial charge in [0.25, 0.3) is 0 Å². The quantitative estimate of drug-likeness (QED) is 0.790. The third kappa shape index (κ3) is 3.94. The first kappa shape index (κ1) is 14.8. The molecule has 0 aromatic heterocycles. The van der Waals surface area contributed by atoms with Gasteiger partial charge in [-0.3, -0.25) is 4.79 Å². The minimum absolute atomic E-state index is 0.190. The van der Waals surface area contributed by atoms with Crippen molar-refractivity contribution in [3.8, 4) is 0 Å². The maximum atomic E-state index is 13.0. The van der Waals surface area contributed by atoms with Crippen LogP contribution in [0.5, 0.6) is 0 Å². The van der Waals surface area contributed by atoms with Crippen molar-refractivity contribution in [1.82, 2.24) is 4.90 Å². The van der Waals surface area contributed by atoms with E-state index in [1.807, 2.05) is 23.1 Å². The van der Waals surface area contributed by atoms with E-state index < -0.39 is 0 Å². The van der Waals surface area contributed by atoms with Gasteiger partial charge in [-0.25, -0.2) is 4.39 Å². The molecular weight excluding hydrogens is 277 g/mol. The lowest BCUT2D eigenvalue weighted by molar-refractivity contribution is -0.132. The van der Waals surface area contributed by atoms with Gasteiger partial charge in [0.2, 0.25) is 5.91 Å². The second-order valence-corrected chi connectivity index (χ2v) is 5.86. The van der Waals surface area contributed by atoms with Crippen LogP contribution in [0.25, 0.3) is 0 Å². The van der Waals surface area contributed by atoms with Gasteiger partial charge >= 0.3 is 0 Å². The lowest BCUT2D eigenvalue weighted by Crippen LogP contribution is -2.32. The van der Waals surface area contributed by atoms with Crippen LogP contribution >= 0.6 is 0 Å². The van der Waals surface area contributed by atoms with E-state index in [9.17, 15) is 9.18 Å². The highest BCUT2D eigenvalue weighted by Gasteiger charge is 2.32. The van der Waals surface area contributed by atoms with Crippen molar-refractivity contribution in [2.45, 2.75) is 38.3 Å². The van der Waals surface area contributed by atoms with Crippen LogP contribution < -0.4 is 0 Å². The number of carbonyl (C=O) groups excluding carboxylic acids is 1. The summed E-state index contributed by atoms with van der Waals surface area (Å²) in [5.74, 6) is -0.0483. The molecule has 0 unspecified atom stereocenters. The van der Waals surface area contributed by atoms with Crippen LogP contribution in [-0.2, 0) is 17.8 Å². The minimum atomic E-state index is -0.239. The first-order chi connectivity index (χ1) is 10.7. The number of benzene rings is 2. The molecule has 0 atom stereocenters. The van der Waals surface area contributed by atoms with Crippen LogP contribution in [0.4, 0.5) is 4.39 Å². The summed E-state index contributed by atoms with van der Waals surface area (Å²) in [7, 11) is 0. The molecule has 0 N–H and O–H groups in total. The van der Waals surface area contributed by atoms with Gasteiger partial charge in [0.1, 0.15) is 5.82 Å². The molecule has 22 heavy (non-hydrogen) atoms. The van der Waals surface area contributed by atoms with Crippen LogP contribution in [0.15, 0.2) is 54.6 Å². The minimum Gasteiger partial charge on any atom is -0.335 e. The van der Waals surface area contributed by atoms with E-state index in [-0.39, 0.29) is 11.7 Å². The molecule has 0 saturated heterocycles. The highest BCUT2D eigenvalue weighted by Crippen LogP contribution is 2.29. The Hall–Kier alpha value is -2.16. The summed E-state index contributed by atoms with van der Waals surface area (Å²) in [5, 5.41) is 0. The molecule has 0 radical (unpaired) electrons. The Morgan fingerprint density at radius 2 is 1.68 bits per heavy atom. The van der Waals surface area contributed by atoms with Crippen LogP contribution in [0.2, 0.25) is 0 Å². The zero-order chi connectivity index (χ0) is 15.4. The lowest BCUT2D eigenvalue weighted by atomic mass is 10.1. The van der Waals surface area contributed by atoms with E-state index in [0.29, 0.717) is 19.0 Å². The fourth-order valence-corrected chi connectivity index (χ4v) is 2.63. The zero-order valence-corrected chi connectivity index (χ0v) is 12.5. The molecule has 0 heterocycles. The molecule has 2 aromatic carbocycles. The molecular formula is C19H20FNO. The Labute approximate surface area is 130 Å². The molecule has 1 aliphatic carbocycles. The number of aryl methyl sites for hydroxylation is 1. The first-order valence-electron chi connectivity index (χ1n) is 7.80. The smallest absolute Gasteiger partial charge is 0.223 e. The van der Waals surface area contributed by atoms with Crippen LogP contribution in [-0.4, -0.2) is 16.8 Å². The molecule has 0 spiro atoms. The van der Waals surface area contributed by atoms with Crippen molar-refractivity contribution in [2.24, 2.45) is 0 Å². The maximum absolute atomic E-state index is 13.0. The number of halogens is 1. The zero-order valence-electron chi connectivity index (χ0n) is 12.5. The second kappa shape index (κ2) is 6.73. The summed E-state index contributed by atoms with van der Waals surface area (Å²) in [6.07, 6.45) is 3.46. The van der Waals surface area contributed by atoms with Gasteiger partial charge in [0, 0.05) is 19.0 Å². The van der Waals surface area contributed by atoms with Gasteiger partial charge in [-0.05, 0) is 42.5 Å². The number of nitrogens with zero attached hydrogens (tertiary/aromatic N) is 1. The molecule has 114 valence electrons. The highest BCUT2D eigenvalue weighted by molar-refractivity contribution is 5.77. The molecule has 3 rings (SSSR count). The number of hydrogen-bond acceptors (Lipinski definition) is 1. The van der Waals surface area contributed by atoms with Crippen molar-refractivity contribution in [3.05, 3.63) is 71.5 Å². The second-order valence-electron chi connectivity index (χ2n) is 5.86. The van der Waals surface area contributed by atoms with E-state index in [1.54, 1.807) is 12.1 Å². The molecule has 0 bridgehead atoms. The summed E-state index contributed by atoms with van der Waals surface area (Å²) in [4.78, 5) is 14.5. The van der Waals surface area contributed by atoms with E-state index in [0.717, 1.165) is 24.8 Å². The molecule has 3 heteroatoms. The van der Waals surface area contributed by atoms with E-state index in [4.69, 9.17) is 0 Å². The summed E-state index contributed by atoms with van der Waals surface area (Å²) in [6.45, 7) is 0.582. The monoisotopic (exact) mass is 297 g/mol. The van der Waals surface area contributed by atoms with Gasteiger partial charge in [-0.15, -0.1) is 0 Å². The van der Waals surface area contributed by atoms with Gasteiger partial charge in [0.15, 0.2) is 0 Å². The summed E-state index contributed by atoms with van der Waals surface area (Å²) >= 11 is 0. The molecule has 2 nitrogen and oxygen atoms in total. The lowest BCUT2D eigenvalue weighted by Gasteiger charge is -2.22. The standard InChI is InChI=1S/C19H20FNO/c20-17-9-6-16(7-10-17)14-21(18-11-12-18)19(22)13-8-15-4-2-1-3-5-15/h1-7,9-10,18H,8,11-14H2. The first-order valence-corrected chi connectivity index (χ1v) is 7.80. The maximum Gasteiger partial charge on any atom is 0.223 e. The third-order valence-corrected chi connectivity index (χ3v) is 4.04. The molecule has 0 aliphatic heterocycles. The summed E-state index contributed by atoms with van der Waals surface area (Å²) in [5.41, 5.74) is 2.18. The van der Waals surface area contributed by atoms with Gasteiger partial charge in [-0.2, -0.15) is 0 Å². The number of carbonyl (C=O) groups is 1. The van der Waals surface area contributed by atoms with E-state index in [2.05, 4.69) is 12.1 Å². The van der Waals surface area contributed by atoms with Crippen LogP contribution in [0.3, 0.4) is 0 Å². The Balaban J connectivity index is 1.61. The van der Waals surface area contributed by atoms with Crippen molar-refractivity contribution in [2.75, 3.05) is 0 Å². The Morgan fingerprint density at radius 3 is 2.32 bits per heavy atom.